The van der Waals surface area contributed by atoms with Gasteiger partial charge in [-0.25, -0.2) is 9.97 Å². The zero-order chi connectivity index (χ0) is 18.9. The topological polar surface area (TPSA) is 76.1 Å². The van der Waals surface area contributed by atoms with E-state index < -0.39 is 0 Å². The maximum Gasteiger partial charge on any atom is 0.270 e. The van der Waals surface area contributed by atoms with Gasteiger partial charge in [0.05, 0.1) is 6.10 Å². The molecular formula is C20H28N4O2S. The Bertz CT molecular complexity index is 728. The van der Waals surface area contributed by atoms with Crippen LogP contribution < -0.4 is 10.6 Å². The van der Waals surface area contributed by atoms with Crippen molar-refractivity contribution in [3.63, 3.8) is 0 Å². The van der Waals surface area contributed by atoms with Gasteiger partial charge in [-0.15, -0.1) is 11.3 Å². The molecule has 2 aromatic rings. The molecule has 1 amide bonds. The molecule has 0 saturated heterocycles. The fraction of sp³-hybridized carbons (Fsp3) is 0.550. The number of carbonyl (C=O) groups excluding carboxylic acids is 1. The number of rotatable bonds is 9. The minimum absolute atomic E-state index is 0.129. The highest BCUT2D eigenvalue weighted by Crippen LogP contribution is 2.25. The summed E-state index contributed by atoms with van der Waals surface area (Å²) in [4.78, 5) is 21.0. The lowest BCUT2D eigenvalue weighted by Crippen LogP contribution is -2.26. The highest BCUT2D eigenvalue weighted by Gasteiger charge is 2.14. The van der Waals surface area contributed by atoms with Crippen LogP contribution in [-0.2, 0) is 4.74 Å². The minimum Gasteiger partial charge on any atom is -0.378 e. The minimum atomic E-state index is -0.129. The van der Waals surface area contributed by atoms with Gasteiger partial charge in [-0.05, 0) is 38.3 Å². The first-order valence-corrected chi connectivity index (χ1v) is 10.7. The van der Waals surface area contributed by atoms with Gasteiger partial charge in [0.2, 0.25) is 0 Å². The van der Waals surface area contributed by atoms with E-state index in [1.807, 2.05) is 19.1 Å². The molecule has 146 valence electrons. The second-order valence-electron chi connectivity index (χ2n) is 6.74. The van der Waals surface area contributed by atoms with E-state index in [9.17, 15) is 4.79 Å². The largest absolute Gasteiger partial charge is 0.378 e. The molecule has 1 fully saturated rings. The van der Waals surface area contributed by atoms with Gasteiger partial charge in [0.15, 0.2) is 0 Å². The molecule has 2 aromatic heterocycles. The molecule has 0 unspecified atom stereocenters. The molecule has 0 aliphatic heterocycles. The summed E-state index contributed by atoms with van der Waals surface area (Å²) in [5.74, 6) is 0.685. The van der Waals surface area contributed by atoms with Crippen molar-refractivity contribution in [3.8, 4) is 10.6 Å². The van der Waals surface area contributed by atoms with Crippen molar-refractivity contribution < 1.29 is 9.53 Å². The van der Waals surface area contributed by atoms with Gasteiger partial charge >= 0.3 is 0 Å². The van der Waals surface area contributed by atoms with E-state index in [4.69, 9.17) is 4.74 Å². The predicted molar refractivity (Wildman–Crippen MR) is 109 cm³/mol. The van der Waals surface area contributed by atoms with Crippen molar-refractivity contribution in [1.82, 2.24) is 15.3 Å². The molecule has 0 bridgehead atoms. The molecule has 7 heteroatoms. The Morgan fingerprint density at radius 3 is 3.00 bits per heavy atom. The maximum absolute atomic E-state index is 12.3. The number of hydrogen-bond acceptors (Lipinski definition) is 6. The molecule has 27 heavy (non-hydrogen) atoms. The van der Waals surface area contributed by atoms with E-state index in [2.05, 4.69) is 20.6 Å². The second-order valence-corrected chi connectivity index (χ2v) is 7.60. The van der Waals surface area contributed by atoms with Crippen LogP contribution in [0.25, 0.3) is 10.6 Å². The van der Waals surface area contributed by atoms with E-state index in [-0.39, 0.29) is 5.91 Å². The Balaban J connectivity index is 1.43. The van der Waals surface area contributed by atoms with Crippen LogP contribution in [0.4, 0.5) is 5.82 Å². The zero-order valence-corrected chi connectivity index (χ0v) is 16.7. The van der Waals surface area contributed by atoms with Gasteiger partial charge in [0.25, 0.3) is 5.91 Å². The number of aromatic nitrogens is 2. The smallest absolute Gasteiger partial charge is 0.270 e. The van der Waals surface area contributed by atoms with E-state index in [1.165, 1.54) is 43.4 Å². The quantitative estimate of drug-likeness (QED) is 0.632. The summed E-state index contributed by atoms with van der Waals surface area (Å²) in [6.45, 7) is 4.16. The van der Waals surface area contributed by atoms with Crippen LogP contribution in [0, 0.1) is 0 Å². The van der Waals surface area contributed by atoms with Gasteiger partial charge in [-0.3, -0.25) is 4.79 Å². The Kier molecular flexibility index (Phi) is 7.59. The standard InChI is InChI=1S/C20H28N4O2S/c1-2-21-18-13-15(9-11-22-18)20-24-17(14-27-20)19(25)23-10-6-12-26-16-7-4-3-5-8-16/h9,11,13-14,16H,2-8,10,12H2,1H3,(H,21,22)(H,23,25). The van der Waals surface area contributed by atoms with E-state index >= 15 is 0 Å². The number of nitrogens with zero attached hydrogens (tertiary/aromatic N) is 2. The summed E-state index contributed by atoms with van der Waals surface area (Å²) in [6, 6.07) is 3.86. The average molecular weight is 389 g/mol. The lowest BCUT2D eigenvalue weighted by Gasteiger charge is -2.21. The molecule has 6 nitrogen and oxygen atoms in total. The van der Waals surface area contributed by atoms with Gasteiger partial charge < -0.3 is 15.4 Å². The van der Waals surface area contributed by atoms with Crippen molar-refractivity contribution >= 4 is 23.1 Å². The van der Waals surface area contributed by atoms with Crippen molar-refractivity contribution in [2.75, 3.05) is 25.0 Å². The molecule has 3 rings (SSSR count). The highest BCUT2D eigenvalue weighted by atomic mass is 32.1. The molecular weight excluding hydrogens is 360 g/mol. The molecule has 1 aliphatic rings. The van der Waals surface area contributed by atoms with Crippen LogP contribution in [-0.4, -0.2) is 41.7 Å². The molecule has 1 saturated carbocycles. The Morgan fingerprint density at radius 1 is 1.33 bits per heavy atom. The van der Waals surface area contributed by atoms with Gasteiger partial charge in [-0.1, -0.05) is 19.3 Å². The van der Waals surface area contributed by atoms with E-state index in [0.29, 0.717) is 24.9 Å². The van der Waals surface area contributed by atoms with Crippen molar-refractivity contribution in [2.24, 2.45) is 0 Å². The summed E-state index contributed by atoms with van der Waals surface area (Å²) < 4.78 is 5.89. The number of hydrogen-bond donors (Lipinski definition) is 2. The van der Waals surface area contributed by atoms with E-state index in [0.717, 1.165) is 29.4 Å². The van der Waals surface area contributed by atoms with Crippen LogP contribution in [0.2, 0.25) is 0 Å². The molecule has 0 spiro atoms. The molecule has 0 radical (unpaired) electrons. The molecule has 0 atom stereocenters. The summed E-state index contributed by atoms with van der Waals surface area (Å²) in [6.07, 6.45) is 9.25. The van der Waals surface area contributed by atoms with Crippen LogP contribution in [0.15, 0.2) is 23.7 Å². The average Bonchev–Trinajstić information content (AvgIpc) is 3.19. The lowest BCUT2D eigenvalue weighted by atomic mass is 9.98. The summed E-state index contributed by atoms with van der Waals surface area (Å²) in [7, 11) is 0. The van der Waals surface area contributed by atoms with Crippen LogP contribution >= 0.6 is 11.3 Å². The third-order valence-electron chi connectivity index (χ3n) is 4.61. The zero-order valence-electron chi connectivity index (χ0n) is 15.9. The monoisotopic (exact) mass is 388 g/mol. The maximum atomic E-state index is 12.3. The number of ether oxygens (including phenoxy) is 1. The fourth-order valence-corrected chi connectivity index (χ4v) is 4.00. The molecule has 1 aliphatic carbocycles. The molecule has 2 heterocycles. The summed E-state index contributed by atoms with van der Waals surface area (Å²) >= 11 is 1.47. The summed E-state index contributed by atoms with van der Waals surface area (Å²) in [5.41, 5.74) is 1.43. The van der Waals surface area contributed by atoms with Gasteiger partial charge in [0, 0.05) is 36.8 Å². The number of amides is 1. The first-order valence-electron chi connectivity index (χ1n) is 9.82. The SMILES string of the molecule is CCNc1cc(-c2nc(C(=O)NCCCOC3CCCCC3)cs2)ccn1. The number of nitrogens with one attached hydrogen (secondary N) is 2. The van der Waals surface area contributed by atoms with Gasteiger partial charge in [0.1, 0.15) is 16.5 Å². The lowest BCUT2D eigenvalue weighted by molar-refractivity contribution is 0.0273. The predicted octanol–water partition coefficient (Wildman–Crippen LogP) is 4.11. The molecule has 2 N–H and O–H groups in total. The van der Waals surface area contributed by atoms with Crippen molar-refractivity contribution in [2.45, 2.75) is 51.6 Å². The highest BCUT2D eigenvalue weighted by molar-refractivity contribution is 7.13. The second kappa shape index (κ2) is 10.4. The Labute approximate surface area is 164 Å². The van der Waals surface area contributed by atoms with Crippen LogP contribution in [0.5, 0.6) is 0 Å². The normalized spacial score (nSPS) is 14.9. The third-order valence-corrected chi connectivity index (χ3v) is 5.51. The van der Waals surface area contributed by atoms with Crippen molar-refractivity contribution in [3.05, 3.63) is 29.4 Å². The molecule has 0 aromatic carbocycles. The first kappa shape index (κ1) is 19.8. The fourth-order valence-electron chi connectivity index (χ4n) is 3.20. The van der Waals surface area contributed by atoms with Crippen LogP contribution in [0.1, 0.15) is 55.9 Å². The van der Waals surface area contributed by atoms with Gasteiger partial charge in [-0.2, -0.15) is 0 Å². The van der Waals surface area contributed by atoms with Crippen LogP contribution in [0.3, 0.4) is 0 Å². The third kappa shape index (κ3) is 6.01. The summed E-state index contributed by atoms with van der Waals surface area (Å²) in [5, 5.41) is 8.74. The number of anilines is 1. The Hall–Kier alpha value is -1.99. The number of carbonyl (C=O) groups is 1. The van der Waals surface area contributed by atoms with E-state index in [1.54, 1.807) is 11.6 Å². The number of pyridine rings is 1. The first-order chi connectivity index (χ1) is 13.3. The number of thiazole rings is 1. The van der Waals surface area contributed by atoms with Crippen molar-refractivity contribution in [1.29, 1.82) is 0 Å². The Morgan fingerprint density at radius 2 is 2.19 bits per heavy atom.